The Morgan fingerprint density at radius 1 is 0.857 bits per heavy atom. The van der Waals surface area contributed by atoms with Crippen molar-refractivity contribution in [2.75, 3.05) is 6.61 Å². The lowest BCUT2D eigenvalue weighted by atomic mass is 9.91. The molecule has 14 heavy (non-hydrogen) atoms. The molecule has 0 aliphatic rings. The van der Waals surface area contributed by atoms with Gasteiger partial charge in [0.05, 0.1) is 0 Å². The van der Waals surface area contributed by atoms with Gasteiger partial charge in [-0.05, 0) is 11.8 Å². The van der Waals surface area contributed by atoms with Gasteiger partial charge in [0, 0.05) is 6.61 Å². The first-order chi connectivity index (χ1) is 6.72. The maximum absolute atomic E-state index is 8.98. The number of hydrogen-bond acceptors (Lipinski definition) is 1. The van der Waals surface area contributed by atoms with Gasteiger partial charge < -0.3 is 5.11 Å². The fraction of sp³-hybridized carbons (Fsp3) is 1.00. The molecule has 0 aliphatic heterocycles. The van der Waals surface area contributed by atoms with Crippen LogP contribution in [0.4, 0.5) is 0 Å². The van der Waals surface area contributed by atoms with E-state index in [1.807, 2.05) is 0 Å². The molecule has 0 heterocycles. The molecule has 0 amide bonds. The molecule has 0 radical (unpaired) electrons. The summed E-state index contributed by atoms with van der Waals surface area (Å²) in [6.07, 6.45) is 9.53. The van der Waals surface area contributed by atoms with E-state index in [1.54, 1.807) is 0 Å². The van der Waals surface area contributed by atoms with Gasteiger partial charge in [0.15, 0.2) is 0 Å². The van der Waals surface area contributed by atoms with Crippen molar-refractivity contribution in [3.8, 4) is 0 Å². The minimum atomic E-state index is 0.344. The third-order valence-corrected chi connectivity index (χ3v) is 3.27. The zero-order chi connectivity index (χ0) is 10.8. The van der Waals surface area contributed by atoms with Gasteiger partial charge >= 0.3 is 0 Å². The number of aliphatic hydroxyl groups is 1. The fourth-order valence-electron chi connectivity index (χ4n) is 1.71. The Balaban J connectivity index is 3.18. The molecule has 0 aromatic heterocycles. The number of aliphatic hydroxyl groups excluding tert-OH is 1. The summed E-state index contributed by atoms with van der Waals surface area (Å²) in [6.45, 7) is 7.00. The Morgan fingerprint density at radius 3 is 2.00 bits per heavy atom. The van der Waals surface area contributed by atoms with Gasteiger partial charge in [-0.25, -0.2) is 0 Å². The lowest BCUT2D eigenvalue weighted by molar-refractivity contribution is 0.188. The predicted octanol–water partition coefficient (Wildman–Crippen LogP) is 4.00. The van der Waals surface area contributed by atoms with E-state index in [4.69, 9.17) is 5.11 Å². The van der Waals surface area contributed by atoms with Gasteiger partial charge in [0.25, 0.3) is 0 Å². The van der Waals surface area contributed by atoms with Crippen LogP contribution in [0.1, 0.15) is 65.7 Å². The summed E-state index contributed by atoms with van der Waals surface area (Å²) in [5.74, 6) is 1.16. The zero-order valence-corrected chi connectivity index (χ0v) is 10.3. The molecule has 1 heteroatoms. The fourth-order valence-corrected chi connectivity index (χ4v) is 1.71. The van der Waals surface area contributed by atoms with Crippen LogP contribution < -0.4 is 0 Å². The first-order valence-electron chi connectivity index (χ1n) is 6.33. The molecular weight excluding hydrogens is 172 g/mol. The predicted molar refractivity (Wildman–Crippen MR) is 63.4 cm³/mol. The summed E-state index contributed by atoms with van der Waals surface area (Å²) < 4.78 is 0. The maximum atomic E-state index is 8.98. The van der Waals surface area contributed by atoms with Crippen LogP contribution in [0.25, 0.3) is 0 Å². The monoisotopic (exact) mass is 200 g/mol. The lowest BCUT2D eigenvalue weighted by Crippen LogP contribution is -2.11. The minimum absolute atomic E-state index is 0.344. The van der Waals surface area contributed by atoms with Crippen LogP contribution in [0.3, 0.4) is 0 Å². The van der Waals surface area contributed by atoms with Crippen LogP contribution in [0.2, 0.25) is 0 Å². The quantitative estimate of drug-likeness (QED) is 0.558. The summed E-state index contributed by atoms with van der Waals surface area (Å²) in [4.78, 5) is 0. The minimum Gasteiger partial charge on any atom is -0.396 e. The highest BCUT2D eigenvalue weighted by Crippen LogP contribution is 2.18. The van der Waals surface area contributed by atoms with Crippen molar-refractivity contribution in [3.63, 3.8) is 0 Å². The largest absolute Gasteiger partial charge is 0.396 e. The first kappa shape index (κ1) is 14.0. The Labute approximate surface area is 89.9 Å². The molecule has 0 saturated heterocycles. The van der Waals surface area contributed by atoms with Crippen LogP contribution in [0.5, 0.6) is 0 Å². The molecule has 0 saturated carbocycles. The molecule has 0 aliphatic carbocycles. The molecule has 0 rings (SSSR count). The van der Waals surface area contributed by atoms with Gasteiger partial charge in [0.1, 0.15) is 0 Å². The van der Waals surface area contributed by atoms with Crippen molar-refractivity contribution in [3.05, 3.63) is 0 Å². The van der Waals surface area contributed by atoms with Gasteiger partial charge in [-0.1, -0.05) is 65.7 Å². The van der Waals surface area contributed by atoms with Crippen molar-refractivity contribution < 1.29 is 5.11 Å². The first-order valence-corrected chi connectivity index (χ1v) is 6.33. The van der Waals surface area contributed by atoms with Crippen molar-refractivity contribution in [1.29, 1.82) is 0 Å². The average Bonchev–Trinajstić information content (AvgIpc) is 2.21. The van der Waals surface area contributed by atoms with E-state index in [0.29, 0.717) is 18.4 Å². The smallest absolute Gasteiger partial charge is 0.0459 e. The topological polar surface area (TPSA) is 20.2 Å². The maximum Gasteiger partial charge on any atom is 0.0459 e. The van der Waals surface area contributed by atoms with E-state index in [-0.39, 0.29) is 0 Å². The second-order valence-electron chi connectivity index (χ2n) is 4.69. The van der Waals surface area contributed by atoms with Crippen molar-refractivity contribution in [2.45, 2.75) is 65.7 Å². The van der Waals surface area contributed by atoms with E-state index in [1.165, 1.54) is 44.9 Å². The molecule has 2 atom stereocenters. The van der Waals surface area contributed by atoms with E-state index < -0.39 is 0 Å². The van der Waals surface area contributed by atoms with Crippen LogP contribution in [0, 0.1) is 11.8 Å². The van der Waals surface area contributed by atoms with E-state index in [0.717, 1.165) is 0 Å². The van der Waals surface area contributed by atoms with Gasteiger partial charge in [0.2, 0.25) is 0 Å². The average molecular weight is 200 g/mol. The lowest BCUT2D eigenvalue weighted by Gasteiger charge is -2.16. The van der Waals surface area contributed by atoms with E-state index in [9.17, 15) is 0 Å². The highest BCUT2D eigenvalue weighted by atomic mass is 16.3. The van der Waals surface area contributed by atoms with E-state index in [2.05, 4.69) is 20.8 Å². The molecule has 0 fully saturated rings. The molecular formula is C13H28O. The molecule has 0 bridgehead atoms. The number of rotatable bonds is 9. The highest BCUT2D eigenvalue weighted by molar-refractivity contribution is 4.60. The standard InChI is InChI=1S/C13H28O/c1-4-5-6-7-8-9-10-12(2)13(3)11-14/h12-14H,4-11H2,1-3H3. The van der Waals surface area contributed by atoms with Crippen LogP contribution >= 0.6 is 0 Å². The van der Waals surface area contributed by atoms with Gasteiger partial charge in [-0.15, -0.1) is 0 Å². The molecule has 1 N–H and O–H groups in total. The van der Waals surface area contributed by atoms with Crippen molar-refractivity contribution in [2.24, 2.45) is 11.8 Å². The SMILES string of the molecule is CCCCCCCCC(C)C(C)CO. The summed E-state index contributed by atoms with van der Waals surface area (Å²) in [5, 5.41) is 8.98. The number of unbranched alkanes of at least 4 members (excludes halogenated alkanes) is 5. The molecule has 2 unspecified atom stereocenters. The second-order valence-corrected chi connectivity index (χ2v) is 4.69. The Bertz CT molecular complexity index is 112. The summed E-state index contributed by atoms with van der Waals surface area (Å²) in [5.41, 5.74) is 0. The van der Waals surface area contributed by atoms with Crippen molar-refractivity contribution >= 4 is 0 Å². The summed E-state index contributed by atoms with van der Waals surface area (Å²) >= 11 is 0. The molecule has 0 spiro atoms. The summed E-state index contributed by atoms with van der Waals surface area (Å²) in [6, 6.07) is 0. The normalized spacial score (nSPS) is 15.4. The molecule has 86 valence electrons. The van der Waals surface area contributed by atoms with Gasteiger partial charge in [-0.2, -0.15) is 0 Å². The zero-order valence-electron chi connectivity index (χ0n) is 10.3. The van der Waals surface area contributed by atoms with Crippen LogP contribution in [0.15, 0.2) is 0 Å². The Hall–Kier alpha value is -0.0400. The number of hydrogen-bond donors (Lipinski definition) is 1. The van der Waals surface area contributed by atoms with Crippen LogP contribution in [-0.2, 0) is 0 Å². The Kier molecular flexibility index (Phi) is 9.49. The summed E-state index contributed by atoms with van der Waals surface area (Å²) in [7, 11) is 0. The third kappa shape index (κ3) is 7.37. The Morgan fingerprint density at radius 2 is 1.43 bits per heavy atom. The molecule has 0 aromatic rings. The highest BCUT2D eigenvalue weighted by Gasteiger charge is 2.09. The third-order valence-electron chi connectivity index (χ3n) is 3.27. The van der Waals surface area contributed by atoms with Gasteiger partial charge in [-0.3, -0.25) is 0 Å². The second kappa shape index (κ2) is 9.51. The molecule has 1 nitrogen and oxygen atoms in total. The molecule has 0 aromatic carbocycles. The van der Waals surface area contributed by atoms with E-state index >= 15 is 0 Å². The van der Waals surface area contributed by atoms with Crippen LogP contribution in [-0.4, -0.2) is 11.7 Å². The van der Waals surface area contributed by atoms with Crippen molar-refractivity contribution in [1.82, 2.24) is 0 Å².